The summed E-state index contributed by atoms with van der Waals surface area (Å²) in [5, 5.41) is 10.7. The third-order valence-corrected chi connectivity index (χ3v) is 3.90. The molecule has 1 nitrogen and oxygen atoms in total. The lowest BCUT2D eigenvalue weighted by Gasteiger charge is -2.28. The SMILES string of the molecule is CCC(O)(Cc1cccc(F)c1Cl)c1ccccc1F. The second kappa shape index (κ2) is 5.90. The second-order valence-electron chi connectivity index (χ2n) is 4.75. The minimum atomic E-state index is -1.41. The summed E-state index contributed by atoms with van der Waals surface area (Å²) < 4.78 is 27.3. The van der Waals surface area contributed by atoms with Crippen molar-refractivity contribution in [2.24, 2.45) is 0 Å². The van der Waals surface area contributed by atoms with Gasteiger partial charge in [0.25, 0.3) is 0 Å². The van der Waals surface area contributed by atoms with Crippen LogP contribution in [-0.4, -0.2) is 5.11 Å². The molecule has 1 N–H and O–H groups in total. The van der Waals surface area contributed by atoms with Gasteiger partial charge >= 0.3 is 0 Å². The average Bonchev–Trinajstić information content (AvgIpc) is 2.44. The zero-order valence-electron chi connectivity index (χ0n) is 11.0. The highest BCUT2D eigenvalue weighted by Crippen LogP contribution is 2.33. The van der Waals surface area contributed by atoms with Crippen molar-refractivity contribution in [3.8, 4) is 0 Å². The second-order valence-corrected chi connectivity index (χ2v) is 5.13. The van der Waals surface area contributed by atoms with Crippen LogP contribution in [0.3, 0.4) is 0 Å². The Hall–Kier alpha value is -1.45. The van der Waals surface area contributed by atoms with Crippen LogP contribution < -0.4 is 0 Å². The van der Waals surface area contributed by atoms with Gasteiger partial charge in [-0.25, -0.2) is 8.78 Å². The van der Waals surface area contributed by atoms with Crippen molar-refractivity contribution < 1.29 is 13.9 Å². The summed E-state index contributed by atoms with van der Waals surface area (Å²) in [6.45, 7) is 1.75. The summed E-state index contributed by atoms with van der Waals surface area (Å²) in [5.41, 5.74) is -0.759. The van der Waals surface area contributed by atoms with Crippen LogP contribution >= 0.6 is 11.6 Å². The van der Waals surface area contributed by atoms with Gasteiger partial charge in [-0.3, -0.25) is 0 Å². The molecule has 4 heteroatoms. The molecule has 1 atom stereocenters. The molecule has 0 spiro atoms. The Bertz CT molecular complexity index is 615. The van der Waals surface area contributed by atoms with Crippen molar-refractivity contribution in [3.63, 3.8) is 0 Å². The number of hydrogen-bond acceptors (Lipinski definition) is 1. The van der Waals surface area contributed by atoms with Gasteiger partial charge in [0.1, 0.15) is 11.6 Å². The van der Waals surface area contributed by atoms with E-state index >= 15 is 0 Å². The van der Waals surface area contributed by atoms with Gasteiger partial charge < -0.3 is 5.11 Å². The van der Waals surface area contributed by atoms with E-state index < -0.39 is 17.2 Å². The maximum Gasteiger partial charge on any atom is 0.142 e. The fourth-order valence-corrected chi connectivity index (χ4v) is 2.44. The fourth-order valence-electron chi connectivity index (χ4n) is 2.25. The number of rotatable bonds is 4. The smallest absolute Gasteiger partial charge is 0.142 e. The Morgan fingerprint density at radius 3 is 2.35 bits per heavy atom. The molecule has 0 aliphatic carbocycles. The van der Waals surface area contributed by atoms with Crippen LogP contribution in [0.2, 0.25) is 5.02 Å². The summed E-state index contributed by atoms with van der Waals surface area (Å²) in [4.78, 5) is 0. The molecule has 0 bridgehead atoms. The summed E-state index contributed by atoms with van der Waals surface area (Å²) >= 11 is 5.90. The lowest BCUT2D eigenvalue weighted by atomic mass is 9.84. The van der Waals surface area contributed by atoms with E-state index in [1.807, 2.05) is 0 Å². The van der Waals surface area contributed by atoms with Gasteiger partial charge in [-0.15, -0.1) is 0 Å². The van der Waals surface area contributed by atoms with Crippen molar-refractivity contribution in [1.82, 2.24) is 0 Å². The van der Waals surface area contributed by atoms with E-state index in [9.17, 15) is 13.9 Å². The van der Waals surface area contributed by atoms with Crippen molar-refractivity contribution in [1.29, 1.82) is 0 Å². The van der Waals surface area contributed by atoms with E-state index in [1.54, 1.807) is 25.1 Å². The van der Waals surface area contributed by atoms with Crippen molar-refractivity contribution in [2.75, 3.05) is 0 Å². The molecule has 20 heavy (non-hydrogen) atoms. The Kier molecular flexibility index (Phi) is 4.41. The molecule has 0 saturated heterocycles. The van der Waals surface area contributed by atoms with Crippen LogP contribution in [-0.2, 0) is 12.0 Å². The molecular formula is C16H15ClF2O. The standard InChI is InChI=1S/C16H15ClF2O/c1-2-16(20,12-7-3-4-8-13(12)18)10-11-6-5-9-14(19)15(11)17/h3-9,20H,2,10H2,1H3. The maximum atomic E-state index is 13.9. The molecule has 0 heterocycles. The molecule has 2 aromatic rings. The summed E-state index contributed by atoms with van der Waals surface area (Å²) in [6.07, 6.45) is 0.349. The van der Waals surface area contributed by atoms with E-state index in [2.05, 4.69) is 0 Å². The van der Waals surface area contributed by atoms with Crippen LogP contribution in [0.1, 0.15) is 24.5 Å². The van der Waals surface area contributed by atoms with E-state index in [0.717, 1.165) is 0 Å². The van der Waals surface area contributed by atoms with E-state index in [1.165, 1.54) is 24.3 Å². The monoisotopic (exact) mass is 296 g/mol. The first-order valence-electron chi connectivity index (χ1n) is 6.38. The Labute approximate surface area is 121 Å². The largest absolute Gasteiger partial charge is 0.385 e. The van der Waals surface area contributed by atoms with Gasteiger partial charge in [0.15, 0.2) is 0 Å². The third kappa shape index (κ3) is 2.84. The predicted octanol–water partition coefficient (Wildman–Crippen LogP) is 4.46. The van der Waals surface area contributed by atoms with Crippen LogP contribution in [0.25, 0.3) is 0 Å². The van der Waals surface area contributed by atoms with Gasteiger partial charge in [0.2, 0.25) is 0 Å². The molecule has 0 saturated carbocycles. The zero-order chi connectivity index (χ0) is 14.8. The molecule has 0 radical (unpaired) electrons. The van der Waals surface area contributed by atoms with Gasteiger partial charge in [-0.2, -0.15) is 0 Å². The molecule has 2 rings (SSSR count). The number of aliphatic hydroxyl groups is 1. The lowest BCUT2D eigenvalue weighted by molar-refractivity contribution is 0.0291. The highest BCUT2D eigenvalue weighted by molar-refractivity contribution is 6.31. The Balaban J connectivity index is 2.42. The summed E-state index contributed by atoms with van der Waals surface area (Å²) in [7, 11) is 0. The molecule has 0 aliphatic rings. The normalized spacial score (nSPS) is 14.1. The van der Waals surface area contributed by atoms with Crippen LogP contribution in [0, 0.1) is 11.6 Å². The topological polar surface area (TPSA) is 20.2 Å². The first kappa shape index (κ1) is 14.9. The van der Waals surface area contributed by atoms with Crippen molar-refractivity contribution >= 4 is 11.6 Å². The minimum Gasteiger partial charge on any atom is -0.385 e. The summed E-state index contributed by atoms with van der Waals surface area (Å²) in [6, 6.07) is 10.5. The third-order valence-electron chi connectivity index (χ3n) is 3.47. The number of hydrogen-bond donors (Lipinski definition) is 1. The van der Waals surface area contributed by atoms with E-state index in [4.69, 9.17) is 11.6 Å². The quantitative estimate of drug-likeness (QED) is 0.883. The predicted molar refractivity (Wildman–Crippen MR) is 75.7 cm³/mol. The van der Waals surface area contributed by atoms with Gasteiger partial charge in [0, 0.05) is 12.0 Å². The average molecular weight is 297 g/mol. The zero-order valence-corrected chi connectivity index (χ0v) is 11.8. The lowest BCUT2D eigenvalue weighted by Crippen LogP contribution is -2.29. The Morgan fingerprint density at radius 2 is 1.70 bits per heavy atom. The van der Waals surface area contributed by atoms with E-state index in [-0.39, 0.29) is 17.0 Å². The number of benzene rings is 2. The number of halogens is 3. The highest BCUT2D eigenvalue weighted by Gasteiger charge is 2.31. The van der Waals surface area contributed by atoms with Gasteiger partial charge in [0.05, 0.1) is 10.6 Å². The molecule has 2 aromatic carbocycles. The molecule has 0 aromatic heterocycles. The molecule has 106 valence electrons. The van der Waals surface area contributed by atoms with E-state index in [0.29, 0.717) is 12.0 Å². The van der Waals surface area contributed by atoms with Gasteiger partial charge in [-0.05, 0) is 24.1 Å². The van der Waals surface area contributed by atoms with Gasteiger partial charge in [-0.1, -0.05) is 48.9 Å². The molecule has 1 unspecified atom stereocenters. The minimum absolute atomic E-state index is 0.0317. The highest BCUT2D eigenvalue weighted by atomic mass is 35.5. The summed E-state index contributed by atoms with van der Waals surface area (Å²) in [5.74, 6) is -1.03. The molecule has 0 fully saturated rings. The maximum absolute atomic E-state index is 13.9. The molecule has 0 aliphatic heterocycles. The van der Waals surface area contributed by atoms with Crippen LogP contribution in [0.5, 0.6) is 0 Å². The fraction of sp³-hybridized carbons (Fsp3) is 0.250. The van der Waals surface area contributed by atoms with Crippen molar-refractivity contribution in [2.45, 2.75) is 25.4 Å². The first-order valence-corrected chi connectivity index (χ1v) is 6.76. The van der Waals surface area contributed by atoms with Crippen LogP contribution in [0.15, 0.2) is 42.5 Å². The molecular weight excluding hydrogens is 282 g/mol. The Morgan fingerprint density at radius 1 is 1.05 bits per heavy atom. The molecule has 0 amide bonds. The van der Waals surface area contributed by atoms with Crippen molar-refractivity contribution in [3.05, 3.63) is 70.2 Å². The van der Waals surface area contributed by atoms with Crippen LogP contribution in [0.4, 0.5) is 8.78 Å². The first-order chi connectivity index (χ1) is 9.48.